The summed E-state index contributed by atoms with van der Waals surface area (Å²) in [7, 11) is 0. The third-order valence-electron chi connectivity index (χ3n) is 3.30. The maximum Gasteiger partial charge on any atom is 0.351 e. The molecule has 21 heavy (non-hydrogen) atoms. The number of aliphatic hydroxyl groups excluding tert-OH is 2. The van der Waals surface area contributed by atoms with Crippen molar-refractivity contribution in [3.63, 3.8) is 0 Å². The van der Waals surface area contributed by atoms with E-state index < -0.39 is 36.5 Å². The first kappa shape index (κ1) is 15.2. The number of anilines is 1. The van der Waals surface area contributed by atoms with Gasteiger partial charge in [0.15, 0.2) is 6.23 Å². The Kier molecular flexibility index (Phi) is 3.85. The van der Waals surface area contributed by atoms with E-state index in [9.17, 15) is 20.1 Å². The van der Waals surface area contributed by atoms with Gasteiger partial charge in [-0.25, -0.2) is 4.79 Å². The van der Waals surface area contributed by atoms with Crippen LogP contribution in [-0.2, 0) is 4.74 Å². The second kappa shape index (κ2) is 5.31. The highest BCUT2D eigenvalue weighted by atomic mass is 16.6. The molecule has 1 fully saturated rings. The summed E-state index contributed by atoms with van der Waals surface area (Å²) in [5.74, 6) is 0.0211. The predicted molar refractivity (Wildman–Crippen MR) is 68.7 cm³/mol. The van der Waals surface area contributed by atoms with E-state index in [-0.39, 0.29) is 5.82 Å². The van der Waals surface area contributed by atoms with Crippen molar-refractivity contribution in [3.05, 3.63) is 32.7 Å². The second-order valence-electron chi connectivity index (χ2n) is 4.61. The van der Waals surface area contributed by atoms with Crippen LogP contribution < -0.4 is 11.4 Å². The maximum absolute atomic E-state index is 11.8. The number of hydrogen-bond donors (Lipinski definition) is 4. The molecule has 0 bridgehead atoms. The van der Waals surface area contributed by atoms with E-state index in [1.165, 1.54) is 6.20 Å². The summed E-state index contributed by atoms with van der Waals surface area (Å²) in [5.41, 5.74) is 11.2. The largest absolute Gasteiger partial charge is 0.394 e. The lowest BCUT2D eigenvalue weighted by atomic mass is 10.0. The van der Waals surface area contributed by atoms with E-state index in [1.807, 2.05) is 0 Å². The van der Waals surface area contributed by atoms with Gasteiger partial charge in [0.05, 0.1) is 6.61 Å². The Labute approximate surface area is 117 Å². The summed E-state index contributed by atoms with van der Waals surface area (Å²) >= 11 is 0. The molecule has 5 N–H and O–H groups in total. The summed E-state index contributed by atoms with van der Waals surface area (Å²) in [5, 5.41) is 32.5. The normalized spacial score (nSPS) is 31.9. The Morgan fingerprint density at radius 3 is 2.95 bits per heavy atom. The molecule has 0 aliphatic carbocycles. The third-order valence-corrected chi connectivity index (χ3v) is 3.30. The Balaban J connectivity index is 2.50. The minimum absolute atomic E-state index is 0.0211. The van der Waals surface area contributed by atoms with Crippen molar-refractivity contribution in [2.45, 2.75) is 31.1 Å². The minimum atomic E-state index is -2.40. The first-order valence-corrected chi connectivity index (χ1v) is 5.93. The van der Waals surface area contributed by atoms with E-state index >= 15 is 0 Å². The SMILES string of the molecule is Cc1cn([C@@H]2O[C@H](CO)[C@](O)(N=[N+]=[N-])[C@H]2O)c(=O)nc1N. The van der Waals surface area contributed by atoms with Crippen molar-refractivity contribution in [1.29, 1.82) is 0 Å². The van der Waals surface area contributed by atoms with E-state index in [2.05, 4.69) is 15.0 Å². The van der Waals surface area contributed by atoms with Gasteiger partial charge in [-0.15, -0.1) is 0 Å². The van der Waals surface area contributed by atoms with Crippen LogP contribution in [0.3, 0.4) is 0 Å². The van der Waals surface area contributed by atoms with E-state index in [1.54, 1.807) is 6.92 Å². The van der Waals surface area contributed by atoms with Crippen LogP contribution in [0, 0.1) is 6.92 Å². The van der Waals surface area contributed by atoms with Gasteiger partial charge in [-0.05, 0) is 12.5 Å². The summed E-state index contributed by atoms with van der Waals surface area (Å²) < 4.78 is 6.13. The number of aliphatic hydroxyl groups is 3. The number of hydrogen-bond acceptors (Lipinski definition) is 8. The zero-order valence-corrected chi connectivity index (χ0v) is 11.0. The molecule has 0 spiro atoms. The van der Waals surface area contributed by atoms with Gasteiger partial charge in [0.2, 0.25) is 5.72 Å². The lowest BCUT2D eigenvalue weighted by Crippen LogP contribution is -2.47. The van der Waals surface area contributed by atoms with Gasteiger partial charge >= 0.3 is 5.69 Å². The third kappa shape index (κ3) is 2.33. The van der Waals surface area contributed by atoms with Crippen molar-refractivity contribution in [3.8, 4) is 0 Å². The van der Waals surface area contributed by atoms with E-state index in [0.29, 0.717) is 5.56 Å². The molecule has 1 saturated heterocycles. The zero-order valence-electron chi connectivity index (χ0n) is 11.0. The van der Waals surface area contributed by atoms with Crippen LogP contribution in [0.2, 0.25) is 0 Å². The smallest absolute Gasteiger partial charge is 0.351 e. The average Bonchev–Trinajstić information content (AvgIpc) is 2.67. The molecule has 1 aromatic heterocycles. The van der Waals surface area contributed by atoms with Crippen LogP contribution in [0.5, 0.6) is 0 Å². The topological polar surface area (TPSA) is 180 Å². The fourth-order valence-electron chi connectivity index (χ4n) is 2.09. The monoisotopic (exact) mass is 298 g/mol. The average molecular weight is 298 g/mol. The number of nitrogens with zero attached hydrogens (tertiary/aromatic N) is 5. The first-order valence-electron chi connectivity index (χ1n) is 5.93. The quantitative estimate of drug-likeness (QED) is 0.294. The molecule has 11 nitrogen and oxygen atoms in total. The Bertz CT molecular complexity index is 656. The number of aromatic nitrogens is 2. The molecule has 0 amide bonds. The Morgan fingerprint density at radius 1 is 1.71 bits per heavy atom. The number of nitrogens with two attached hydrogens (primary N) is 1. The zero-order chi connectivity index (χ0) is 15.8. The van der Waals surface area contributed by atoms with Gasteiger partial charge in [-0.2, -0.15) is 4.98 Å². The summed E-state index contributed by atoms with van der Waals surface area (Å²) in [6, 6.07) is 0. The van der Waals surface area contributed by atoms with Crippen molar-refractivity contribution >= 4 is 5.82 Å². The van der Waals surface area contributed by atoms with Crippen molar-refractivity contribution in [1.82, 2.24) is 9.55 Å². The number of ether oxygens (including phenoxy) is 1. The van der Waals surface area contributed by atoms with Crippen LogP contribution in [-0.4, -0.2) is 49.4 Å². The lowest BCUT2D eigenvalue weighted by molar-refractivity contribution is -0.0881. The van der Waals surface area contributed by atoms with Crippen LogP contribution in [0.1, 0.15) is 11.8 Å². The van der Waals surface area contributed by atoms with Crippen LogP contribution in [0.15, 0.2) is 16.1 Å². The van der Waals surface area contributed by atoms with Gasteiger partial charge in [0.1, 0.15) is 18.0 Å². The first-order chi connectivity index (χ1) is 9.85. The number of nitrogen functional groups attached to an aromatic ring is 1. The van der Waals surface area contributed by atoms with Gasteiger partial charge in [0, 0.05) is 16.7 Å². The maximum atomic E-state index is 11.8. The number of aryl methyl sites for hydroxylation is 1. The number of azide groups is 1. The highest BCUT2D eigenvalue weighted by Gasteiger charge is 2.56. The molecular formula is C10H14N6O5. The lowest BCUT2D eigenvalue weighted by Gasteiger charge is -2.24. The molecule has 1 aromatic rings. The molecule has 114 valence electrons. The van der Waals surface area contributed by atoms with Crippen LogP contribution in [0.25, 0.3) is 10.4 Å². The molecule has 0 saturated carbocycles. The minimum Gasteiger partial charge on any atom is -0.394 e. The van der Waals surface area contributed by atoms with Crippen molar-refractivity contribution in [2.75, 3.05) is 12.3 Å². The standard InChI is InChI=1S/C10H14N6O5/c1-4-2-16(9(19)13-7(4)11)8-6(18)10(20,14-15-12)5(3-17)21-8/h2,5-6,8,17-18,20H,3H2,1H3,(H2,11,13,19)/t5-,6+,8-,10-/m1/s1. The summed E-state index contributed by atoms with van der Waals surface area (Å²) in [4.78, 5) is 17.8. The fourth-order valence-corrected chi connectivity index (χ4v) is 2.09. The van der Waals surface area contributed by atoms with Gasteiger partial charge in [0.25, 0.3) is 0 Å². The molecule has 2 rings (SSSR count). The molecular weight excluding hydrogens is 284 g/mol. The van der Waals surface area contributed by atoms with Crippen molar-refractivity contribution < 1.29 is 20.1 Å². The molecule has 11 heteroatoms. The molecule has 4 atom stereocenters. The van der Waals surface area contributed by atoms with E-state index in [4.69, 9.17) is 16.0 Å². The van der Waals surface area contributed by atoms with E-state index in [0.717, 1.165) is 4.57 Å². The van der Waals surface area contributed by atoms with Crippen LogP contribution in [0.4, 0.5) is 5.82 Å². The molecule has 1 aliphatic heterocycles. The highest BCUT2D eigenvalue weighted by Crippen LogP contribution is 2.37. The molecule has 0 aromatic carbocycles. The molecule has 0 radical (unpaired) electrons. The van der Waals surface area contributed by atoms with Gasteiger partial charge < -0.3 is 25.8 Å². The molecule has 1 aliphatic rings. The molecule has 2 heterocycles. The fraction of sp³-hybridized carbons (Fsp3) is 0.600. The Morgan fingerprint density at radius 2 is 2.38 bits per heavy atom. The Hall–Kier alpha value is -2.17. The summed E-state index contributed by atoms with van der Waals surface area (Å²) in [6.07, 6.45) is -3.25. The highest BCUT2D eigenvalue weighted by molar-refractivity contribution is 5.35. The molecule has 0 unspecified atom stereocenters. The van der Waals surface area contributed by atoms with Gasteiger partial charge in [-0.1, -0.05) is 5.11 Å². The summed E-state index contributed by atoms with van der Waals surface area (Å²) in [6.45, 7) is 0.863. The predicted octanol–water partition coefficient (Wildman–Crippen LogP) is -1.62. The van der Waals surface area contributed by atoms with Crippen LogP contribution >= 0.6 is 0 Å². The second-order valence-corrected chi connectivity index (χ2v) is 4.61. The van der Waals surface area contributed by atoms with Gasteiger partial charge in [-0.3, -0.25) is 4.57 Å². The number of rotatable bonds is 3. The van der Waals surface area contributed by atoms with Crippen molar-refractivity contribution in [2.24, 2.45) is 5.11 Å².